The van der Waals surface area contributed by atoms with Crippen LogP contribution in [0.2, 0.25) is 0 Å². The summed E-state index contributed by atoms with van der Waals surface area (Å²) >= 11 is 0. The van der Waals surface area contributed by atoms with Gasteiger partial charge in [0.15, 0.2) is 0 Å². The first-order valence-electron chi connectivity index (χ1n) is 9.76. The molecule has 0 spiro atoms. The summed E-state index contributed by atoms with van der Waals surface area (Å²) < 4.78 is 46.2. The van der Waals surface area contributed by atoms with Crippen LogP contribution in [0, 0.1) is 0 Å². The van der Waals surface area contributed by atoms with Gasteiger partial charge in [-0.05, 0) is 62.6 Å². The molecule has 30 heavy (non-hydrogen) atoms. The van der Waals surface area contributed by atoms with Crippen LogP contribution in [0.1, 0.15) is 74.0 Å². The number of hydrogen-bond donors (Lipinski definition) is 1. The van der Waals surface area contributed by atoms with Crippen LogP contribution in [0.5, 0.6) is 5.75 Å². The van der Waals surface area contributed by atoms with Crippen LogP contribution >= 0.6 is 0 Å². The summed E-state index contributed by atoms with van der Waals surface area (Å²) in [5.41, 5.74) is 1.12. The van der Waals surface area contributed by atoms with Gasteiger partial charge in [0, 0.05) is 5.92 Å². The molecule has 4 nitrogen and oxygen atoms in total. The number of carbonyl (C=O) groups excluding carboxylic acids is 1. The molecule has 2 atom stereocenters. The summed E-state index contributed by atoms with van der Waals surface area (Å²) in [4.78, 5) is 12.2. The largest absolute Gasteiger partial charge is 0.573 e. The average Bonchev–Trinajstić information content (AvgIpc) is 2.64. The maximum Gasteiger partial charge on any atom is 0.573 e. The zero-order valence-corrected chi connectivity index (χ0v) is 17.5. The molecule has 164 valence electrons. The summed E-state index contributed by atoms with van der Waals surface area (Å²) in [6.07, 6.45) is -4.23. The fourth-order valence-corrected chi connectivity index (χ4v) is 3.12. The fraction of sp³-hybridized carbons (Fsp3) is 0.435. The van der Waals surface area contributed by atoms with Gasteiger partial charge in [0.1, 0.15) is 11.4 Å². The van der Waals surface area contributed by atoms with E-state index in [0.29, 0.717) is 17.5 Å². The molecule has 0 aliphatic heterocycles. The van der Waals surface area contributed by atoms with E-state index in [9.17, 15) is 23.1 Å². The van der Waals surface area contributed by atoms with Crippen molar-refractivity contribution in [1.29, 1.82) is 0 Å². The molecule has 0 heterocycles. The van der Waals surface area contributed by atoms with Gasteiger partial charge in [0.25, 0.3) is 0 Å². The number of hydrogen-bond acceptors (Lipinski definition) is 4. The highest BCUT2D eigenvalue weighted by Gasteiger charge is 2.31. The molecule has 2 rings (SSSR count). The summed E-state index contributed by atoms with van der Waals surface area (Å²) in [6, 6.07) is 12.0. The number of aliphatic hydroxyl groups excluding tert-OH is 1. The van der Waals surface area contributed by atoms with Crippen LogP contribution in [0.3, 0.4) is 0 Å². The first-order chi connectivity index (χ1) is 13.9. The Labute approximate surface area is 174 Å². The van der Waals surface area contributed by atoms with Gasteiger partial charge in [0.2, 0.25) is 0 Å². The highest BCUT2D eigenvalue weighted by molar-refractivity contribution is 5.89. The Hall–Kier alpha value is -2.54. The van der Waals surface area contributed by atoms with Gasteiger partial charge in [-0.2, -0.15) is 0 Å². The lowest BCUT2D eigenvalue weighted by Gasteiger charge is -2.24. The van der Waals surface area contributed by atoms with Gasteiger partial charge in [-0.3, -0.25) is 0 Å². The van der Waals surface area contributed by atoms with E-state index in [1.165, 1.54) is 24.3 Å². The molecule has 0 fully saturated rings. The molecule has 0 radical (unpaired) electrons. The number of rotatable bonds is 7. The average molecular weight is 424 g/mol. The molecule has 0 amide bonds. The van der Waals surface area contributed by atoms with Crippen molar-refractivity contribution < 1.29 is 32.5 Å². The third-order valence-electron chi connectivity index (χ3n) is 4.41. The molecule has 7 heteroatoms. The van der Waals surface area contributed by atoms with Crippen LogP contribution in [0.4, 0.5) is 13.2 Å². The molecule has 2 aromatic rings. The number of ether oxygens (including phenoxy) is 2. The van der Waals surface area contributed by atoms with Crippen LogP contribution in [-0.2, 0) is 4.74 Å². The van der Waals surface area contributed by atoms with Crippen molar-refractivity contribution in [2.24, 2.45) is 0 Å². The Morgan fingerprint density at radius 3 is 1.97 bits per heavy atom. The fourth-order valence-electron chi connectivity index (χ4n) is 3.12. The zero-order chi connectivity index (χ0) is 22.5. The van der Waals surface area contributed by atoms with E-state index in [1.807, 2.05) is 6.92 Å². The second-order valence-corrected chi connectivity index (χ2v) is 8.08. The van der Waals surface area contributed by atoms with E-state index in [4.69, 9.17) is 4.74 Å². The first-order valence-corrected chi connectivity index (χ1v) is 9.76. The maximum absolute atomic E-state index is 12.3. The standard InChI is InChI=1S/C23H27F3O4/c1-5-6-19(15-7-9-17(10-8-15)21(28)30-22(2,3)4)20(27)16-11-13-18(14-12-16)29-23(24,25)26/h7-14,19-20,27H,5-6H2,1-4H3/t19-,20+/m0/s1. The second kappa shape index (κ2) is 9.51. The van der Waals surface area contributed by atoms with Crippen molar-refractivity contribution in [3.8, 4) is 5.75 Å². The predicted molar refractivity (Wildman–Crippen MR) is 107 cm³/mol. The van der Waals surface area contributed by atoms with Crippen LogP contribution in [-0.4, -0.2) is 23.0 Å². The second-order valence-electron chi connectivity index (χ2n) is 8.08. The van der Waals surface area contributed by atoms with Gasteiger partial charge in [-0.1, -0.05) is 37.6 Å². The third kappa shape index (κ3) is 7.06. The minimum atomic E-state index is -4.76. The normalized spacial score (nSPS) is 14.1. The molecule has 2 aromatic carbocycles. The molecular weight excluding hydrogens is 397 g/mol. The van der Waals surface area contributed by atoms with Crippen molar-refractivity contribution in [2.75, 3.05) is 0 Å². The Bertz CT molecular complexity index is 822. The first kappa shape index (κ1) is 23.7. The molecule has 0 aromatic heterocycles. The van der Waals surface area contributed by atoms with Crippen LogP contribution in [0.15, 0.2) is 48.5 Å². The minimum absolute atomic E-state index is 0.280. The third-order valence-corrected chi connectivity index (χ3v) is 4.41. The lowest BCUT2D eigenvalue weighted by atomic mass is 9.85. The Morgan fingerprint density at radius 1 is 0.967 bits per heavy atom. The van der Waals surface area contributed by atoms with Gasteiger partial charge >= 0.3 is 12.3 Å². The molecule has 0 bridgehead atoms. The highest BCUT2D eigenvalue weighted by Crippen LogP contribution is 2.36. The van der Waals surface area contributed by atoms with Gasteiger partial charge < -0.3 is 14.6 Å². The number of alkyl halides is 3. The molecule has 0 unspecified atom stereocenters. The molecule has 1 N–H and O–H groups in total. The number of aliphatic hydroxyl groups is 1. The summed E-state index contributed by atoms with van der Waals surface area (Å²) in [5.74, 6) is -1.05. The van der Waals surface area contributed by atoms with Crippen molar-refractivity contribution in [3.63, 3.8) is 0 Å². The monoisotopic (exact) mass is 424 g/mol. The Kier molecular flexibility index (Phi) is 7.53. The molecular formula is C23H27F3O4. The smallest absolute Gasteiger partial charge is 0.456 e. The summed E-state index contributed by atoms with van der Waals surface area (Å²) in [7, 11) is 0. The van der Waals surface area contributed by atoms with E-state index in [1.54, 1.807) is 45.0 Å². The van der Waals surface area contributed by atoms with Crippen molar-refractivity contribution >= 4 is 5.97 Å². The zero-order valence-electron chi connectivity index (χ0n) is 17.5. The summed E-state index contributed by atoms with van der Waals surface area (Å²) in [5, 5.41) is 10.9. The van der Waals surface area contributed by atoms with E-state index < -0.39 is 24.0 Å². The molecule has 0 saturated heterocycles. The molecule has 0 saturated carbocycles. The van der Waals surface area contributed by atoms with Gasteiger partial charge in [0.05, 0.1) is 11.7 Å². The van der Waals surface area contributed by atoms with E-state index in [0.717, 1.165) is 12.0 Å². The van der Waals surface area contributed by atoms with E-state index >= 15 is 0 Å². The topological polar surface area (TPSA) is 55.8 Å². The molecule has 0 aliphatic carbocycles. The van der Waals surface area contributed by atoms with Gasteiger partial charge in [-0.15, -0.1) is 13.2 Å². The van der Waals surface area contributed by atoms with E-state index in [2.05, 4.69) is 4.74 Å². The lowest BCUT2D eigenvalue weighted by molar-refractivity contribution is -0.274. The number of benzene rings is 2. The predicted octanol–water partition coefficient (Wildman–Crippen LogP) is 6.16. The van der Waals surface area contributed by atoms with E-state index in [-0.39, 0.29) is 11.7 Å². The Morgan fingerprint density at radius 2 is 1.50 bits per heavy atom. The quantitative estimate of drug-likeness (QED) is 0.541. The summed E-state index contributed by atoms with van der Waals surface area (Å²) in [6.45, 7) is 7.35. The SMILES string of the molecule is CCC[C@@H](c1ccc(C(=O)OC(C)(C)C)cc1)[C@H](O)c1ccc(OC(F)(F)F)cc1. The number of halogens is 3. The van der Waals surface area contributed by atoms with Crippen molar-refractivity contribution in [1.82, 2.24) is 0 Å². The highest BCUT2D eigenvalue weighted by atomic mass is 19.4. The number of carbonyl (C=O) groups is 1. The van der Waals surface area contributed by atoms with Crippen molar-refractivity contribution in [3.05, 3.63) is 65.2 Å². The minimum Gasteiger partial charge on any atom is -0.456 e. The van der Waals surface area contributed by atoms with Crippen LogP contribution in [0.25, 0.3) is 0 Å². The van der Waals surface area contributed by atoms with Crippen LogP contribution < -0.4 is 4.74 Å². The maximum atomic E-state index is 12.3. The lowest BCUT2D eigenvalue weighted by Crippen LogP contribution is -2.23. The Balaban J connectivity index is 2.19. The number of esters is 1. The van der Waals surface area contributed by atoms with Crippen molar-refractivity contribution in [2.45, 2.75) is 64.5 Å². The molecule has 0 aliphatic rings. The van der Waals surface area contributed by atoms with Gasteiger partial charge in [-0.25, -0.2) is 4.79 Å².